The second-order valence-electron chi connectivity index (χ2n) is 7.12. The van der Waals surface area contributed by atoms with Gasteiger partial charge in [-0.25, -0.2) is 0 Å². The summed E-state index contributed by atoms with van der Waals surface area (Å²) in [7, 11) is 1.82. The lowest BCUT2D eigenvalue weighted by Gasteiger charge is -2.35. The third kappa shape index (κ3) is 4.15. The first kappa shape index (κ1) is 17.8. The number of nitrogens with zero attached hydrogens (tertiary/aromatic N) is 2. The van der Waals surface area contributed by atoms with Crippen LogP contribution in [-0.4, -0.2) is 43.1 Å². The molecule has 0 atom stereocenters. The van der Waals surface area contributed by atoms with Gasteiger partial charge in [-0.15, -0.1) is 0 Å². The molecule has 0 spiro atoms. The predicted molar refractivity (Wildman–Crippen MR) is 104 cm³/mol. The minimum Gasteiger partial charge on any atom is -0.459 e. The van der Waals surface area contributed by atoms with E-state index < -0.39 is 0 Å². The van der Waals surface area contributed by atoms with Crippen LogP contribution in [0.3, 0.4) is 0 Å². The number of aliphatic imine (C=N–C) groups is 1. The number of hydrogen-bond acceptors (Lipinski definition) is 3. The predicted octanol–water partition coefficient (Wildman–Crippen LogP) is 3.28. The van der Waals surface area contributed by atoms with E-state index in [1.807, 2.05) is 25.2 Å². The van der Waals surface area contributed by atoms with Gasteiger partial charge < -0.3 is 20.0 Å². The van der Waals surface area contributed by atoms with Crippen LogP contribution in [0, 0.1) is 6.92 Å². The van der Waals surface area contributed by atoms with E-state index >= 15 is 0 Å². The zero-order valence-corrected chi connectivity index (χ0v) is 15.8. The van der Waals surface area contributed by atoms with Crippen molar-refractivity contribution in [2.75, 3.05) is 20.1 Å². The van der Waals surface area contributed by atoms with E-state index in [4.69, 9.17) is 4.42 Å². The first-order valence-corrected chi connectivity index (χ1v) is 9.26. The lowest BCUT2D eigenvalue weighted by atomic mass is 10.0. The average Bonchev–Trinajstić information content (AvgIpc) is 2.95. The maximum Gasteiger partial charge on any atom is 0.191 e. The topological polar surface area (TPSA) is 52.8 Å². The second-order valence-corrected chi connectivity index (χ2v) is 7.12. The Morgan fingerprint density at radius 2 is 2.00 bits per heavy atom. The second kappa shape index (κ2) is 7.91. The summed E-state index contributed by atoms with van der Waals surface area (Å²) in [5, 5.41) is 8.14. The highest BCUT2D eigenvalue weighted by molar-refractivity contribution is 5.83. The molecule has 2 heterocycles. The number of aryl methyl sites for hydroxylation is 1. The number of benzene rings is 1. The van der Waals surface area contributed by atoms with E-state index in [0.717, 1.165) is 43.2 Å². The molecular formula is C20H30N4O. The minimum absolute atomic E-state index is 0.484. The summed E-state index contributed by atoms with van der Waals surface area (Å²) >= 11 is 0. The van der Waals surface area contributed by atoms with E-state index in [0.29, 0.717) is 18.6 Å². The fourth-order valence-electron chi connectivity index (χ4n) is 3.51. The van der Waals surface area contributed by atoms with Gasteiger partial charge in [0.25, 0.3) is 0 Å². The van der Waals surface area contributed by atoms with Crippen molar-refractivity contribution in [1.82, 2.24) is 15.5 Å². The number of rotatable bonds is 4. The van der Waals surface area contributed by atoms with E-state index in [1.165, 1.54) is 10.9 Å². The van der Waals surface area contributed by atoms with Crippen molar-refractivity contribution in [2.45, 2.75) is 52.2 Å². The highest BCUT2D eigenvalue weighted by Gasteiger charge is 2.21. The van der Waals surface area contributed by atoms with Gasteiger partial charge in [0.1, 0.15) is 11.3 Å². The van der Waals surface area contributed by atoms with Crippen molar-refractivity contribution >= 4 is 16.9 Å². The Labute approximate surface area is 150 Å². The molecule has 1 aromatic heterocycles. The van der Waals surface area contributed by atoms with Gasteiger partial charge in [0.15, 0.2) is 5.96 Å². The molecule has 1 aliphatic rings. The number of fused-ring (bicyclic) bond motifs is 1. The van der Waals surface area contributed by atoms with Gasteiger partial charge in [0.05, 0.1) is 6.54 Å². The zero-order chi connectivity index (χ0) is 17.8. The van der Waals surface area contributed by atoms with Gasteiger partial charge in [-0.3, -0.25) is 4.99 Å². The van der Waals surface area contributed by atoms with Gasteiger partial charge >= 0.3 is 0 Å². The van der Waals surface area contributed by atoms with Crippen LogP contribution in [0.4, 0.5) is 0 Å². The maximum absolute atomic E-state index is 5.97. The van der Waals surface area contributed by atoms with E-state index in [-0.39, 0.29) is 0 Å². The molecule has 0 amide bonds. The molecule has 25 heavy (non-hydrogen) atoms. The zero-order valence-electron chi connectivity index (χ0n) is 15.8. The van der Waals surface area contributed by atoms with Crippen LogP contribution in [0.1, 0.15) is 38.0 Å². The van der Waals surface area contributed by atoms with Crippen molar-refractivity contribution in [3.63, 3.8) is 0 Å². The fraction of sp³-hybridized carbons (Fsp3) is 0.550. The van der Waals surface area contributed by atoms with Crippen molar-refractivity contribution in [3.8, 4) is 0 Å². The van der Waals surface area contributed by atoms with Gasteiger partial charge in [0, 0.05) is 43.2 Å². The normalized spacial score (nSPS) is 17.4. The summed E-state index contributed by atoms with van der Waals surface area (Å²) in [4.78, 5) is 6.91. The molecule has 2 aromatic rings. The standard InChI is InChI=1S/C20H30N4O/c1-14(2)24-11-9-16(10-12-24)23-20(21-4)22-13-19-15(3)17-7-5-6-8-18(17)25-19/h5-8,14,16H,9-13H2,1-4H3,(H2,21,22,23). The third-order valence-electron chi connectivity index (χ3n) is 5.18. The molecular weight excluding hydrogens is 312 g/mol. The van der Waals surface area contributed by atoms with Gasteiger partial charge in [0.2, 0.25) is 0 Å². The largest absolute Gasteiger partial charge is 0.459 e. The molecule has 1 aromatic carbocycles. The van der Waals surface area contributed by atoms with Gasteiger partial charge in [-0.2, -0.15) is 0 Å². The minimum atomic E-state index is 0.484. The Morgan fingerprint density at radius 3 is 2.64 bits per heavy atom. The van der Waals surface area contributed by atoms with Crippen LogP contribution in [0.5, 0.6) is 0 Å². The highest BCUT2D eigenvalue weighted by Crippen LogP contribution is 2.24. The first-order valence-electron chi connectivity index (χ1n) is 9.26. The fourth-order valence-corrected chi connectivity index (χ4v) is 3.51. The number of piperidine rings is 1. The van der Waals surface area contributed by atoms with E-state index in [2.05, 4.69) is 47.4 Å². The highest BCUT2D eigenvalue weighted by atomic mass is 16.3. The number of likely N-dealkylation sites (tertiary alicyclic amines) is 1. The molecule has 0 aliphatic carbocycles. The number of nitrogens with one attached hydrogen (secondary N) is 2. The van der Waals surface area contributed by atoms with Crippen LogP contribution < -0.4 is 10.6 Å². The number of guanidine groups is 1. The Morgan fingerprint density at radius 1 is 1.28 bits per heavy atom. The third-order valence-corrected chi connectivity index (χ3v) is 5.18. The molecule has 3 rings (SSSR count). The molecule has 0 unspecified atom stereocenters. The SMILES string of the molecule is CN=C(NCc1oc2ccccc2c1C)NC1CCN(C(C)C)CC1. The van der Waals surface area contributed by atoms with Gasteiger partial charge in [-0.1, -0.05) is 18.2 Å². The Balaban J connectivity index is 1.55. The van der Waals surface area contributed by atoms with Crippen LogP contribution >= 0.6 is 0 Å². The van der Waals surface area contributed by atoms with E-state index in [1.54, 1.807) is 0 Å². The molecule has 1 fully saturated rings. The molecule has 5 heteroatoms. The maximum atomic E-state index is 5.97. The summed E-state index contributed by atoms with van der Waals surface area (Å²) in [6.45, 7) is 9.59. The summed E-state index contributed by atoms with van der Waals surface area (Å²) in [6, 6.07) is 9.29. The molecule has 136 valence electrons. The summed E-state index contributed by atoms with van der Waals surface area (Å²) in [6.07, 6.45) is 2.31. The van der Waals surface area contributed by atoms with Crippen LogP contribution in [0.25, 0.3) is 11.0 Å². The smallest absolute Gasteiger partial charge is 0.191 e. The summed E-state index contributed by atoms with van der Waals surface area (Å²) in [5.74, 6) is 1.82. The molecule has 5 nitrogen and oxygen atoms in total. The Bertz CT molecular complexity index is 726. The molecule has 1 saturated heterocycles. The van der Waals surface area contributed by atoms with Gasteiger partial charge in [-0.05, 0) is 39.7 Å². The van der Waals surface area contributed by atoms with Crippen molar-refractivity contribution in [1.29, 1.82) is 0 Å². The van der Waals surface area contributed by atoms with E-state index in [9.17, 15) is 0 Å². The number of hydrogen-bond donors (Lipinski definition) is 2. The molecule has 1 aliphatic heterocycles. The van der Waals surface area contributed by atoms with Crippen molar-refractivity contribution < 1.29 is 4.42 Å². The molecule has 0 saturated carbocycles. The first-order chi connectivity index (χ1) is 12.1. The van der Waals surface area contributed by atoms with Crippen LogP contribution in [0.15, 0.2) is 33.7 Å². The molecule has 0 bridgehead atoms. The molecule has 0 radical (unpaired) electrons. The lowest BCUT2D eigenvalue weighted by molar-refractivity contribution is 0.167. The average molecular weight is 342 g/mol. The quantitative estimate of drug-likeness (QED) is 0.661. The van der Waals surface area contributed by atoms with Crippen molar-refractivity contribution in [2.24, 2.45) is 4.99 Å². The summed E-state index contributed by atoms with van der Waals surface area (Å²) in [5.41, 5.74) is 2.14. The number of para-hydroxylation sites is 1. The Kier molecular flexibility index (Phi) is 5.63. The molecule has 2 N–H and O–H groups in total. The van der Waals surface area contributed by atoms with Crippen molar-refractivity contribution in [3.05, 3.63) is 35.6 Å². The van der Waals surface area contributed by atoms with Crippen LogP contribution in [-0.2, 0) is 6.54 Å². The number of furan rings is 1. The lowest BCUT2D eigenvalue weighted by Crippen LogP contribution is -2.49. The summed E-state index contributed by atoms with van der Waals surface area (Å²) < 4.78 is 5.97. The monoisotopic (exact) mass is 342 g/mol. The van der Waals surface area contributed by atoms with Crippen LogP contribution in [0.2, 0.25) is 0 Å². The Hall–Kier alpha value is -2.01.